The number of hydrogen-bond acceptors (Lipinski definition) is 2. The molecule has 0 unspecified atom stereocenters. The van der Waals surface area contributed by atoms with Gasteiger partial charge in [-0.05, 0) is 42.5 Å². The fourth-order valence-corrected chi connectivity index (χ4v) is 5.11. The summed E-state index contributed by atoms with van der Waals surface area (Å²) >= 11 is 0. The van der Waals surface area contributed by atoms with Crippen molar-refractivity contribution in [3.8, 4) is 0 Å². The van der Waals surface area contributed by atoms with Crippen LogP contribution in [0.1, 0.15) is 5.56 Å². The average Bonchev–Trinajstić information content (AvgIpc) is 2.64. The fourth-order valence-electron chi connectivity index (χ4n) is 2.75. The highest BCUT2D eigenvalue weighted by Crippen LogP contribution is 2.32. The fraction of sp³-hybridized carbons (Fsp3) is 0.143. The van der Waals surface area contributed by atoms with E-state index in [1.165, 1.54) is 21.5 Å². The van der Waals surface area contributed by atoms with Crippen molar-refractivity contribution < 1.29 is 0 Å². The lowest BCUT2D eigenvalue weighted by molar-refractivity contribution is 0.252. The van der Waals surface area contributed by atoms with Gasteiger partial charge < -0.3 is 0 Å². The highest BCUT2D eigenvalue weighted by molar-refractivity contribution is 7.79. The summed E-state index contributed by atoms with van der Waals surface area (Å²) in [7, 11) is 3.48. The van der Waals surface area contributed by atoms with E-state index in [0.29, 0.717) is 0 Å². The number of nitrogens with zero attached hydrogens (tertiary/aromatic N) is 1. The minimum atomic E-state index is -0.530. The van der Waals surface area contributed by atoms with Gasteiger partial charge in [0, 0.05) is 13.6 Å². The van der Waals surface area contributed by atoms with Crippen molar-refractivity contribution in [2.24, 2.45) is 0 Å². The molecule has 1 N–H and O–H groups in total. The zero-order valence-electron chi connectivity index (χ0n) is 14.2. The molecule has 0 aliphatic carbocycles. The third-order valence-electron chi connectivity index (χ3n) is 4.00. The zero-order valence-corrected chi connectivity index (χ0v) is 15.1. The maximum atomic E-state index is 3.16. The second-order valence-corrected chi connectivity index (χ2v) is 7.98. The molecule has 24 heavy (non-hydrogen) atoms. The first-order valence-corrected chi connectivity index (χ1v) is 9.50. The molecule has 2 nitrogen and oxygen atoms in total. The van der Waals surface area contributed by atoms with Crippen LogP contribution in [-0.2, 0) is 6.54 Å². The molecule has 0 saturated carbocycles. The lowest BCUT2D eigenvalue weighted by Crippen LogP contribution is -2.30. The molecular formula is C21H23N2P. The molecule has 0 spiro atoms. The first kappa shape index (κ1) is 16.9. The van der Waals surface area contributed by atoms with Gasteiger partial charge in [0.2, 0.25) is 0 Å². The van der Waals surface area contributed by atoms with Crippen LogP contribution in [0.2, 0.25) is 0 Å². The van der Waals surface area contributed by atoms with E-state index in [2.05, 4.69) is 102 Å². The van der Waals surface area contributed by atoms with Crippen LogP contribution in [0.5, 0.6) is 0 Å². The molecule has 0 aromatic heterocycles. The topological polar surface area (TPSA) is 15.3 Å². The predicted molar refractivity (Wildman–Crippen MR) is 106 cm³/mol. The molecule has 0 fully saturated rings. The Hall–Kier alpha value is -1.99. The summed E-state index contributed by atoms with van der Waals surface area (Å²) in [5, 5.41) is 6.26. The highest BCUT2D eigenvalue weighted by atomic mass is 31.1. The van der Waals surface area contributed by atoms with E-state index in [1.807, 2.05) is 7.05 Å². The summed E-state index contributed by atoms with van der Waals surface area (Å²) in [6.45, 7) is 0.886. The van der Waals surface area contributed by atoms with Crippen LogP contribution >= 0.6 is 7.92 Å². The summed E-state index contributed by atoms with van der Waals surface area (Å²) in [5.74, 6) is 0. The van der Waals surface area contributed by atoms with Crippen LogP contribution in [0.3, 0.4) is 0 Å². The van der Waals surface area contributed by atoms with Gasteiger partial charge in [-0.1, -0.05) is 78.9 Å². The molecule has 0 amide bonds. The summed E-state index contributed by atoms with van der Waals surface area (Å²) < 4.78 is 0. The van der Waals surface area contributed by atoms with Gasteiger partial charge in [-0.25, -0.2) is 5.01 Å². The second-order valence-electron chi connectivity index (χ2n) is 5.76. The first-order chi connectivity index (χ1) is 11.8. The van der Waals surface area contributed by atoms with Crippen LogP contribution < -0.4 is 21.3 Å². The summed E-state index contributed by atoms with van der Waals surface area (Å²) in [6, 6.07) is 30.6. The summed E-state index contributed by atoms with van der Waals surface area (Å²) in [4.78, 5) is 0. The van der Waals surface area contributed by atoms with Gasteiger partial charge in [0.25, 0.3) is 0 Å². The van der Waals surface area contributed by atoms with E-state index in [9.17, 15) is 0 Å². The Morgan fingerprint density at radius 1 is 0.750 bits per heavy atom. The van der Waals surface area contributed by atoms with Crippen LogP contribution in [0, 0.1) is 0 Å². The zero-order chi connectivity index (χ0) is 16.8. The van der Waals surface area contributed by atoms with Crippen molar-refractivity contribution in [1.82, 2.24) is 10.4 Å². The molecule has 3 aromatic rings. The molecule has 0 saturated heterocycles. The molecular weight excluding hydrogens is 311 g/mol. The summed E-state index contributed by atoms with van der Waals surface area (Å²) in [5.41, 5.74) is 4.49. The standard InChI is InChI=1S/C21H23N2P/c1-22-23(2)17-18-10-9-15-21(16-18)24(19-11-5-3-6-12-19)20-13-7-4-8-14-20/h3-16,22H,17H2,1-2H3. The Kier molecular flexibility index (Phi) is 5.77. The quantitative estimate of drug-likeness (QED) is 0.551. The molecule has 122 valence electrons. The minimum Gasteiger partial charge on any atom is -0.258 e. The van der Waals surface area contributed by atoms with E-state index >= 15 is 0 Å². The highest BCUT2D eigenvalue weighted by Gasteiger charge is 2.16. The predicted octanol–water partition coefficient (Wildman–Crippen LogP) is 3.01. The monoisotopic (exact) mass is 334 g/mol. The van der Waals surface area contributed by atoms with Gasteiger partial charge in [-0.15, -0.1) is 0 Å². The van der Waals surface area contributed by atoms with Crippen molar-refractivity contribution in [1.29, 1.82) is 0 Å². The number of nitrogens with one attached hydrogen (secondary N) is 1. The molecule has 0 aliphatic rings. The third-order valence-corrected chi connectivity index (χ3v) is 6.42. The van der Waals surface area contributed by atoms with E-state index in [4.69, 9.17) is 0 Å². The third kappa shape index (κ3) is 4.10. The number of hydrazine groups is 1. The van der Waals surface area contributed by atoms with Gasteiger partial charge in [0.15, 0.2) is 0 Å². The van der Waals surface area contributed by atoms with Crippen LogP contribution in [0.4, 0.5) is 0 Å². The van der Waals surface area contributed by atoms with Gasteiger partial charge in [0.1, 0.15) is 0 Å². The smallest absolute Gasteiger partial charge is 0.0378 e. The lowest BCUT2D eigenvalue weighted by atomic mass is 10.2. The molecule has 3 rings (SSSR count). The van der Waals surface area contributed by atoms with Crippen molar-refractivity contribution in [3.63, 3.8) is 0 Å². The normalized spacial score (nSPS) is 11.2. The molecule has 3 heteroatoms. The van der Waals surface area contributed by atoms with Crippen LogP contribution in [0.15, 0.2) is 84.9 Å². The molecule has 3 aromatic carbocycles. The van der Waals surface area contributed by atoms with Gasteiger partial charge >= 0.3 is 0 Å². The Morgan fingerprint density at radius 2 is 1.29 bits per heavy atom. The number of hydrogen-bond donors (Lipinski definition) is 1. The van der Waals surface area contributed by atoms with Crippen molar-refractivity contribution in [2.75, 3.05) is 14.1 Å². The lowest BCUT2D eigenvalue weighted by Gasteiger charge is -2.21. The largest absolute Gasteiger partial charge is 0.258 e. The van der Waals surface area contributed by atoms with Gasteiger partial charge in [-0.3, -0.25) is 5.43 Å². The maximum Gasteiger partial charge on any atom is 0.0378 e. The SMILES string of the molecule is CNN(C)Cc1cccc(P(c2ccccc2)c2ccccc2)c1. The summed E-state index contributed by atoms with van der Waals surface area (Å²) in [6.07, 6.45) is 0. The minimum absolute atomic E-state index is 0.530. The van der Waals surface area contributed by atoms with E-state index < -0.39 is 7.92 Å². The average molecular weight is 334 g/mol. The Labute approximate surface area is 145 Å². The second kappa shape index (κ2) is 8.21. The first-order valence-electron chi connectivity index (χ1n) is 8.15. The molecule has 0 heterocycles. The number of rotatable bonds is 6. The van der Waals surface area contributed by atoms with Crippen LogP contribution in [0.25, 0.3) is 0 Å². The molecule has 0 atom stereocenters. The van der Waals surface area contributed by atoms with E-state index in [1.54, 1.807) is 0 Å². The van der Waals surface area contributed by atoms with Crippen molar-refractivity contribution >= 4 is 23.8 Å². The van der Waals surface area contributed by atoms with Crippen LogP contribution in [-0.4, -0.2) is 19.1 Å². The van der Waals surface area contributed by atoms with E-state index in [0.717, 1.165) is 6.54 Å². The number of benzene rings is 3. The molecule has 0 bridgehead atoms. The molecule has 0 radical (unpaired) electrons. The molecule has 0 aliphatic heterocycles. The Morgan fingerprint density at radius 3 is 1.83 bits per heavy atom. The van der Waals surface area contributed by atoms with Crippen molar-refractivity contribution in [2.45, 2.75) is 6.54 Å². The Bertz CT molecular complexity index is 720. The maximum absolute atomic E-state index is 3.16. The van der Waals surface area contributed by atoms with E-state index in [-0.39, 0.29) is 0 Å². The van der Waals surface area contributed by atoms with Gasteiger partial charge in [-0.2, -0.15) is 0 Å². The Balaban J connectivity index is 2.02. The van der Waals surface area contributed by atoms with Gasteiger partial charge in [0.05, 0.1) is 0 Å². The van der Waals surface area contributed by atoms with Crippen molar-refractivity contribution in [3.05, 3.63) is 90.5 Å².